The van der Waals surface area contributed by atoms with Gasteiger partial charge in [-0.1, -0.05) is 26.0 Å². The van der Waals surface area contributed by atoms with E-state index >= 15 is 0 Å². The van der Waals surface area contributed by atoms with Crippen molar-refractivity contribution in [2.24, 2.45) is 5.92 Å². The van der Waals surface area contributed by atoms with Crippen molar-refractivity contribution in [2.75, 3.05) is 13.1 Å². The number of rotatable bonds is 4. The van der Waals surface area contributed by atoms with Crippen LogP contribution in [-0.2, 0) is 6.54 Å². The van der Waals surface area contributed by atoms with E-state index in [0.717, 1.165) is 41.8 Å². The number of likely N-dealkylation sites (tertiary alicyclic amines) is 1. The Labute approximate surface area is 176 Å². The maximum Gasteiger partial charge on any atom is 0.256 e. The van der Waals surface area contributed by atoms with Gasteiger partial charge in [0.1, 0.15) is 5.82 Å². The molecule has 0 radical (unpaired) electrons. The Hall–Kier alpha value is -2.76. The Kier molecular flexibility index (Phi) is 5.58. The van der Waals surface area contributed by atoms with Crippen LogP contribution in [0.3, 0.4) is 0 Å². The number of hydrogen-bond acceptors (Lipinski definition) is 3. The molecule has 1 fully saturated rings. The lowest BCUT2D eigenvalue weighted by atomic mass is 9.90. The zero-order chi connectivity index (χ0) is 21.4. The number of hydrogen-bond donors (Lipinski definition) is 0. The van der Waals surface area contributed by atoms with Gasteiger partial charge in [0.05, 0.1) is 11.3 Å². The Morgan fingerprint density at radius 3 is 2.57 bits per heavy atom. The summed E-state index contributed by atoms with van der Waals surface area (Å²) < 4.78 is 16.1. The minimum atomic E-state index is -0.458. The lowest BCUT2D eigenvalue weighted by Gasteiger charge is -2.31. The summed E-state index contributed by atoms with van der Waals surface area (Å²) in [5, 5.41) is 6.14. The Morgan fingerprint density at radius 2 is 1.90 bits per heavy atom. The molecule has 6 heteroatoms. The van der Waals surface area contributed by atoms with Gasteiger partial charge in [-0.15, -0.1) is 0 Å². The number of benzene rings is 1. The fourth-order valence-corrected chi connectivity index (χ4v) is 4.47. The first kappa shape index (κ1) is 20.5. The van der Waals surface area contributed by atoms with Crippen LogP contribution in [0.1, 0.15) is 59.9 Å². The molecule has 0 unspecified atom stereocenters. The molecule has 3 aromatic rings. The number of fused-ring (bicyclic) bond motifs is 1. The zero-order valence-corrected chi connectivity index (χ0v) is 18.2. The van der Waals surface area contributed by atoms with E-state index in [4.69, 9.17) is 10.1 Å². The topological polar surface area (TPSA) is 51.0 Å². The number of aromatic nitrogens is 3. The highest BCUT2D eigenvalue weighted by Crippen LogP contribution is 2.34. The van der Waals surface area contributed by atoms with Crippen LogP contribution in [0.5, 0.6) is 0 Å². The molecule has 0 N–H and O–H groups in total. The van der Waals surface area contributed by atoms with Crippen LogP contribution < -0.4 is 0 Å². The molecule has 2 aromatic heterocycles. The van der Waals surface area contributed by atoms with Crippen LogP contribution in [0.15, 0.2) is 30.3 Å². The molecule has 0 bridgehead atoms. The van der Waals surface area contributed by atoms with Gasteiger partial charge in [0.15, 0.2) is 5.65 Å². The first-order chi connectivity index (χ1) is 14.3. The smallest absolute Gasteiger partial charge is 0.256 e. The van der Waals surface area contributed by atoms with Gasteiger partial charge in [-0.2, -0.15) is 5.10 Å². The fraction of sp³-hybridized carbons (Fsp3) is 0.458. The predicted octanol–water partition coefficient (Wildman–Crippen LogP) is 4.86. The van der Waals surface area contributed by atoms with Gasteiger partial charge in [0, 0.05) is 36.6 Å². The lowest BCUT2D eigenvalue weighted by molar-refractivity contribution is 0.0707. The summed E-state index contributed by atoms with van der Waals surface area (Å²) in [4.78, 5) is 19.3. The van der Waals surface area contributed by atoms with E-state index < -0.39 is 5.82 Å². The highest BCUT2D eigenvalue weighted by molar-refractivity contribution is 5.94. The Bertz CT molecular complexity index is 1080. The second kappa shape index (κ2) is 8.17. The third-order valence-electron chi connectivity index (χ3n) is 5.87. The van der Waals surface area contributed by atoms with E-state index in [1.54, 1.807) is 23.1 Å². The van der Waals surface area contributed by atoms with Crippen molar-refractivity contribution in [3.05, 3.63) is 58.7 Å². The van der Waals surface area contributed by atoms with Gasteiger partial charge in [0.25, 0.3) is 5.91 Å². The van der Waals surface area contributed by atoms with E-state index in [-0.39, 0.29) is 17.4 Å². The van der Waals surface area contributed by atoms with Crippen LogP contribution >= 0.6 is 0 Å². The van der Waals surface area contributed by atoms with Crippen molar-refractivity contribution < 1.29 is 9.18 Å². The number of halogens is 1. The van der Waals surface area contributed by atoms with Gasteiger partial charge in [-0.05, 0) is 56.4 Å². The molecule has 1 aliphatic heterocycles. The molecular weight excluding hydrogens is 379 g/mol. The standard InChI is InChI=1S/C24H29FN4O/c1-15(2)14-29-23-21(16(3)13-17(4)26-23)22(27-29)18-9-11-28(12-10-18)24(30)19-7-5-6-8-20(19)25/h5-8,13,15,18H,9-12,14H2,1-4H3. The number of pyridine rings is 1. The largest absolute Gasteiger partial charge is 0.339 e. The maximum atomic E-state index is 14.0. The molecule has 0 aliphatic carbocycles. The van der Waals surface area contributed by atoms with Gasteiger partial charge in [-0.25, -0.2) is 14.1 Å². The van der Waals surface area contributed by atoms with Crippen LogP contribution in [0.25, 0.3) is 11.0 Å². The molecule has 0 atom stereocenters. The Balaban J connectivity index is 1.59. The van der Waals surface area contributed by atoms with Gasteiger partial charge in [-0.3, -0.25) is 4.79 Å². The Morgan fingerprint density at radius 1 is 1.20 bits per heavy atom. The van der Waals surface area contributed by atoms with E-state index in [2.05, 4.69) is 26.8 Å². The minimum absolute atomic E-state index is 0.151. The molecule has 4 rings (SSSR count). The average molecular weight is 409 g/mol. The number of carbonyl (C=O) groups is 1. The van der Waals surface area contributed by atoms with Crippen LogP contribution in [-0.4, -0.2) is 38.7 Å². The summed E-state index contributed by atoms with van der Waals surface area (Å²) in [6.45, 7) is 10.6. The van der Waals surface area contributed by atoms with E-state index in [1.165, 1.54) is 11.6 Å². The van der Waals surface area contributed by atoms with Gasteiger partial charge >= 0.3 is 0 Å². The second-order valence-electron chi connectivity index (χ2n) is 8.79. The normalized spacial score (nSPS) is 15.3. The molecule has 1 aromatic carbocycles. The van der Waals surface area contributed by atoms with Gasteiger partial charge in [0.2, 0.25) is 0 Å². The summed E-state index contributed by atoms with van der Waals surface area (Å²) in [6, 6.07) is 8.32. The minimum Gasteiger partial charge on any atom is -0.339 e. The first-order valence-corrected chi connectivity index (χ1v) is 10.7. The van der Waals surface area contributed by atoms with E-state index in [9.17, 15) is 9.18 Å². The number of nitrogens with zero attached hydrogens (tertiary/aromatic N) is 4. The molecule has 1 amide bonds. The van der Waals surface area contributed by atoms with Crippen molar-refractivity contribution in [2.45, 2.75) is 53.0 Å². The second-order valence-corrected chi connectivity index (χ2v) is 8.79. The van der Waals surface area contributed by atoms with Crippen molar-refractivity contribution in [1.29, 1.82) is 0 Å². The summed E-state index contributed by atoms with van der Waals surface area (Å²) in [5.41, 5.74) is 4.40. The van der Waals surface area contributed by atoms with E-state index in [0.29, 0.717) is 19.0 Å². The highest BCUT2D eigenvalue weighted by Gasteiger charge is 2.29. The number of carbonyl (C=O) groups excluding carboxylic acids is 1. The third kappa shape index (κ3) is 3.83. The van der Waals surface area contributed by atoms with E-state index in [1.807, 2.05) is 11.6 Å². The number of aryl methyl sites for hydroxylation is 2. The van der Waals surface area contributed by atoms with Crippen molar-refractivity contribution in [3.8, 4) is 0 Å². The number of piperidine rings is 1. The zero-order valence-electron chi connectivity index (χ0n) is 18.2. The third-order valence-corrected chi connectivity index (χ3v) is 5.87. The predicted molar refractivity (Wildman–Crippen MR) is 116 cm³/mol. The number of amides is 1. The molecule has 3 heterocycles. The highest BCUT2D eigenvalue weighted by atomic mass is 19.1. The average Bonchev–Trinajstić information content (AvgIpc) is 3.06. The molecule has 30 heavy (non-hydrogen) atoms. The lowest BCUT2D eigenvalue weighted by Crippen LogP contribution is -2.38. The monoisotopic (exact) mass is 408 g/mol. The van der Waals surface area contributed by atoms with Crippen LogP contribution in [0, 0.1) is 25.6 Å². The maximum absolute atomic E-state index is 14.0. The van der Waals surface area contributed by atoms with Crippen LogP contribution in [0.4, 0.5) is 4.39 Å². The molecule has 0 spiro atoms. The van der Waals surface area contributed by atoms with Crippen LogP contribution in [0.2, 0.25) is 0 Å². The summed E-state index contributed by atoms with van der Waals surface area (Å²) in [5.74, 6) is 0.0629. The van der Waals surface area contributed by atoms with Gasteiger partial charge < -0.3 is 4.90 Å². The summed E-state index contributed by atoms with van der Waals surface area (Å²) in [7, 11) is 0. The van der Waals surface area contributed by atoms with Crippen molar-refractivity contribution >= 4 is 16.9 Å². The molecule has 5 nitrogen and oxygen atoms in total. The summed E-state index contributed by atoms with van der Waals surface area (Å²) in [6.07, 6.45) is 1.64. The molecular formula is C24H29FN4O. The molecule has 158 valence electrons. The molecule has 1 aliphatic rings. The fourth-order valence-electron chi connectivity index (χ4n) is 4.47. The summed E-state index contributed by atoms with van der Waals surface area (Å²) >= 11 is 0. The van der Waals surface area contributed by atoms with Crippen molar-refractivity contribution in [3.63, 3.8) is 0 Å². The quantitative estimate of drug-likeness (QED) is 0.619. The van der Waals surface area contributed by atoms with Crippen molar-refractivity contribution in [1.82, 2.24) is 19.7 Å². The molecule has 1 saturated heterocycles. The first-order valence-electron chi connectivity index (χ1n) is 10.7. The SMILES string of the molecule is Cc1cc(C)c2c(C3CCN(C(=O)c4ccccc4F)CC3)nn(CC(C)C)c2n1. The molecule has 0 saturated carbocycles.